The Morgan fingerprint density at radius 1 is 1.20 bits per heavy atom. The number of hydrogen-bond donors (Lipinski definition) is 2. The van der Waals surface area contributed by atoms with Crippen LogP contribution in [0.5, 0.6) is 0 Å². The van der Waals surface area contributed by atoms with Gasteiger partial charge in [0.25, 0.3) is 5.91 Å². The first kappa shape index (κ1) is 13.9. The van der Waals surface area contributed by atoms with Crippen molar-refractivity contribution in [1.29, 1.82) is 0 Å². The zero-order chi connectivity index (χ0) is 14.4. The monoisotopic (exact) mass is 269 g/mol. The average molecular weight is 269 g/mol. The lowest BCUT2D eigenvalue weighted by Crippen LogP contribution is -2.26. The molecule has 0 aliphatic heterocycles. The van der Waals surface area contributed by atoms with E-state index in [2.05, 4.69) is 15.5 Å². The molecule has 0 unspecified atom stereocenters. The van der Waals surface area contributed by atoms with E-state index in [1.165, 1.54) is 0 Å². The molecule has 5 nitrogen and oxygen atoms in total. The topological polar surface area (TPSA) is 74.6 Å². The molecule has 1 amide bonds. The smallest absolute Gasteiger partial charge is 0.273 e. The summed E-state index contributed by atoms with van der Waals surface area (Å²) in [6, 6.07) is 12.3. The predicted molar refractivity (Wildman–Crippen MR) is 76.0 cm³/mol. The Hall–Kier alpha value is -2.53. The maximum atomic E-state index is 11.8. The minimum absolute atomic E-state index is 0.529. The fourth-order valence-electron chi connectivity index (χ4n) is 1.64. The van der Waals surface area contributed by atoms with Crippen LogP contribution in [-0.4, -0.2) is 21.7 Å². The van der Waals surface area contributed by atoms with Crippen LogP contribution in [0.3, 0.4) is 0 Å². The molecule has 2 N–H and O–H groups in total. The summed E-state index contributed by atoms with van der Waals surface area (Å²) in [7, 11) is 0. The van der Waals surface area contributed by atoms with Crippen molar-refractivity contribution >= 4 is 11.6 Å². The molecule has 1 heterocycles. The van der Waals surface area contributed by atoms with Crippen LogP contribution in [0.2, 0.25) is 0 Å². The van der Waals surface area contributed by atoms with E-state index in [9.17, 15) is 9.90 Å². The first-order chi connectivity index (χ1) is 9.68. The second-order valence-electron chi connectivity index (χ2n) is 4.22. The highest BCUT2D eigenvalue weighted by Gasteiger charge is 2.16. The van der Waals surface area contributed by atoms with Crippen LogP contribution < -0.4 is 5.43 Å². The maximum absolute atomic E-state index is 11.8. The number of carbonyl (C=O) groups is 1. The van der Waals surface area contributed by atoms with Gasteiger partial charge in [-0.15, -0.1) is 0 Å². The third-order valence-corrected chi connectivity index (χ3v) is 2.80. The zero-order valence-corrected chi connectivity index (χ0v) is 11.0. The summed E-state index contributed by atoms with van der Waals surface area (Å²) in [6.07, 6.45) is 2.06. The quantitative estimate of drug-likeness (QED) is 0.654. The molecule has 0 spiro atoms. The van der Waals surface area contributed by atoms with Gasteiger partial charge in [0.2, 0.25) is 0 Å². The normalized spacial score (nSPS) is 12.8. The van der Waals surface area contributed by atoms with Gasteiger partial charge >= 0.3 is 0 Å². The van der Waals surface area contributed by atoms with Gasteiger partial charge in [0.1, 0.15) is 0 Å². The molecule has 1 atom stereocenters. The van der Waals surface area contributed by atoms with E-state index in [0.29, 0.717) is 11.3 Å². The zero-order valence-electron chi connectivity index (χ0n) is 11.0. The molecule has 2 rings (SSSR count). The van der Waals surface area contributed by atoms with Gasteiger partial charge in [0.05, 0.1) is 5.71 Å². The Kier molecular flexibility index (Phi) is 4.57. The fourth-order valence-corrected chi connectivity index (χ4v) is 1.64. The molecule has 0 fully saturated rings. The number of pyridine rings is 1. The lowest BCUT2D eigenvalue weighted by Gasteiger charge is -2.09. The first-order valence-corrected chi connectivity index (χ1v) is 6.16. The number of aromatic nitrogens is 1. The van der Waals surface area contributed by atoms with Gasteiger partial charge in [0.15, 0.2) is 6.10 Å². The van der Waals surface area contributed by atoms with Crippen LogP contribution in [0.1, 0.15) is 24.2 Å². The van der Waals surface area contributed by atoms with Crippen LogP contribution in [0, 0.1) is 0 Å². The van der Waals surface area contributed by atoms with E-state index >= 15 is 0 Å². The molecular formula is C15H15N3O2. The number of aliphatic hydroxyl groups is 1. The average Bonchev–Trinajstić information content (AvgIpc) is 2.53. The summed E-state index contributed by atoms with van der Waals surface area (Å²) in [5.74, 6) is -0.565. The Bertz CT molecular complexity index is 597. The van der Waals surface area contributed by atoms with Gasteiger partial charge in [-0.3, -0.25) is 9.78 Å². The summed E-state index contributed by atoms with van der Waals surface area (Å²) < 4.78 is 0. The van der Waals surface area contributed by atoms with E-state index in [1.54, 1.807) is 55.7 Å². The van der Waals surface area contributed by atoms with Crippen LogP contribution in [0.25, 0.3) is 0 Å². The summed E-state index contributed by atoms with van der Waals surface area (Å²) >= 11 is 0. The summed E-state index contributed by atoms with van der Waals surface area (Å²) in [4.78, 5) is 15.7. The number of amides is 1. The van der Waals surface area contributed by atoms with E-state index < -0.39 is 12.0 Å². The minimum Gasteiger partial charge on any atom is -0.378 e. The molecule has 1 aromatic heterocycles. The molecule has 0 aliphatic carbocycles. The molecule has 102 valence electrons. The molecular weight excluding hydrogens is 254 g/mol. The van der Waals surface area contributed by atoms with Crippen molar-refractivity contribution in [1.82, 2.24) is 10.4 Å². The van der Waals surface area contributed by atoms with E-state index in [1.807, 2.05) is 6.07 Å². The molecule has 0 radical (unpaired) electrons. The van der Waals surface area contributed by atoms with Crippen molar-refractivity contribution < 1.29 is 9.90 Å². The van der Waals surface area contributed by atoms with Crippen molar-refractivity contribution in [2.45, 2.75) is 13.0 Å². The van der Waals surface area contributed by atoms with E-state index in [0.717, 1.165) is 5.56 Å². The van der Waals surface area contributed by atoms with E-state index in [-0.39, 0.29) is 0 Å². The summed E-state index contributed by atoms with van der Waals surface area (Å²) in [6.45, 7) is 1.77. The molecule has 5 heteroatoms. The van der Waals surface area contributed by atoms with Crippen molar-refractivity contribution in [2.75, 3.05) is 0 Å². The van der Waals surface area contributed by atoms with Crippen LogP contribution >= 0.6 is 0 Å². The molecule has 0 bridgehead atoms. The lowest BCUT2D eigenvalue weighted by atomic mass is 10.1. The third kappa shape index (κ3) is 3.49. The fraction of sp³-hybridized carbons (Fsp3) is 0.133. The molecule has 0 saturated heterocycles. The van der Waals surface area contributed by atoms with Crippen molar-refractivity contribution in [2.24, 2.45) is 5.10 Å². The van der Waals surface area contributed by atoms with Crippen molar-refractivity contribution in [3.8, 4) is 0 Å². The Morgan fingerprint density at radius 2 is 1.85 bits per heavy atom. The number of nitrogens with zero attached hydrogens (tertiary/aromatic N) is 2. The Balaban J connectivity index is 2.02. The SMILES string of the molecule is C/C(=N/NC(=O)[C@H](O)c1ccccc1)c1ccncc1. The largest absolute Gasteiger partial charge is 0.378 e. The molecule has 1 aromatic carbocycles. The number of hydrazone groups is 1. The molecule has 0 aliphatic rings. The second kappa shape index (κ2) is 6.58. The van der Waals surface area contributed by atoms with Gasteiger partial charge in [-0.05, 0) is 24.6 Å². The highest BCUT2D eigenvalue weighted by atomic mass is 16.3. The Labute approximate surface area is 117 Å². The predicted octanol–water partition coefficient (Wildman–Crippen LogP) is 1.66. The highest BCUT2D eigenvalue weighted by Crippen LogP contribution is 2.11. The molecule has 20 heavy (non-hydrogen) atoms. The van der Waals surface area contributed by atoms with Crippen LogP contribution in [0.4, 0.5) is 0 Å². The lowest BCUT2D eigenvalue weighted by molar-refractivity contribution is -0.129. The number of aliphatic hydroxyl groups excluding tert-OH is 1. The standard InChI is InChI=1S/C15H15N3O2/c1-11(12-7-9-16-10-8-12)17-18-15(20)14(19)13-5-3-2-4-6-13/h2-10,14,19H,1H3,(H,18,20)/b17-11-/t14-/m1/s1. The number of carbonyl (C=O) groups excluding carboxylic acids is 1. The van der Waals surface area contributed by atoms with Gasteiger partial charge in [-0.1, -0.05) is 30.3 Å². The number of hydrogen-bond acceptors (Lipinski definition) is 4. The van der Waals surface area contributed by atoms with Gasteiger partial charge in [0, 0.05) is 18.0 Å². The highest BCUT2D eigenvalue weighted by molar-refractivity contribution is 5.99. The summed E-state index contributed by atoms with van der Waals surface area (Å²) in [5.41, 5.74) is 4.38. The second-order valence-corrected chi connectivity index (χ2v) is 4.22. The van der Waals surface area contributed by atoms with Gasteiger partial charge in [-0.2, -0.15) is 5.10 Å². The van der Waals surface area contributed by atoms with Crippen molar-refractivity contribution in [3.05, 3.63) is 66.0 Å². The number of rotatable bonds is 4. The number of nitrogens with one attached hydrogen (secondary N) is 1. The minimum atomic E-state index is -1.23. The van der Waals surface area contributed by atoms with E-state index in [4.69, 9.17) is 0 Å². The molecule has 2 aromatic rings. The van der Waals surface area contributed by atoms with Crippen LogP contribution in [-0.2, 0) is 4.79 Å². The first-order valence-electron chi connectivity index (χ1n) is 6.16. The van der Waals surface area contributed by atoms with Gasteiger partial charge in [-0.25, -0.2) is 5.43 Å². The Morgan fingerprint density at radius 3 is 2.50 bits per heavy atom. The van der Waals surface area contributed by atoms with Crippen LogP contribution in [0.15, 0.2) is 60.0 Å². The summed E-state index contributed by atoms with van der Waals surface area (Å²) in [5, 5.41) is 13.9. The number of benzene rings is 1. The van der Waals surface area contributed by atoms with Gasteiger partial charge < -0.3 is 5.11 Å². The maximum Gasteiger partial charge on any atom is 0.273 e. The van der Waals surface area contributed by atoms with Crippen molar-refractivity contribution in [3.63, 3.8) is 0 Å². The molecule has 0 saturated carbocycles. The third-order valence-electron chi connectivity index (χ3n) is 2.80.